The average molecular weight is 412 g/mol. The first kappa shape index (κ1) is 19.9. The quantitative estimate of drug-likeness (QED) is 0.839. The van der Waals surface area contributed by atoms with Gasteiger partial charge in [-0.1, -0.05) is 48.0 Å². The number of benzene rings is 2. The summed E-state index contributed by atoms with van der Waals surface area (Å²) in [6.07, 6.45) is 3.18. The fourth-order valence-corrected chi connectivity index (χ4v) is 4.48. The summed E-state index contributed by atoms with van der Waals surface area (Å²) in [5.41, 5.74) is 3.13. The van der Waals surface area contributed by atoms with Gasteiger partial charge in [0.2, 0.25) is 5.91 Å². The fraction of sp³-hybridized carbons (Fsp3) is 0.391. The summed E-state index contributed by atoms with van der Waals surface area (Å²) >= 11 is 6.15. The topological polar surface area (TPSA) is 52.7 Å². The van der Waals surface area contributed by atoms with Crippen LogP contribution in [0.1, 0.15) is 40.4 Å². The highest BCUT2D eigenvalue weighted by atomic mass is 35.5. The van der Waals surface area contributed by atoms with Gasteiger partial charge in [0.15, 0.2) is 0 Å². The number of rotatable bonds is 4. The first-order valence-electron chi connectivity index (χ1n) is 10.2. The highest BCUT2D eigenvalue weighted by Gasteiger charge is 2.26. The van der Waals surface area contributed by atoms with Crippen molar-refractivity contribution in [2.75, 3.05) is 32.7 Å². The SMILES string of the molecule is O=C(CN1CCN(C(=O)c2ccccc2Cl)CC1)NC1CCCc2ccccc21. The molecule has 1 saturated heterocycles. The van der Waals surface area contributed by atoms with Crippen molar-refractivity contribution in [3.05, 3.63) is 70.2 Å². The van der Waals surface area contributed by atoms with Crippen molar-refractivity contribution in [3.63, 3.8) is 0 Å². The lowest BCUT2D eigenvalue weighted by Gasteiger charge is -2.35. The van der Waals surface area contributed by atoms with Crippen molar-refractivity contribution < 1.29 is 9.59 Å². The van der Waals surface area contributed by atoms with Gasteiger partial charge in [0, 0.05) is 26.2 Å². The van der Waals surface area contributed by atoms with E-state index in [2.05, 4.69) is 28.4 Å². The molecule has 0 bridgehead atoms. The molecule has 0 aromatic heterocycles. The molecule has 4 rings (SSSR count). The van der Waals surface area contributed by atoms with E-state index in [-0.39, 0.29) is 17.9 Å². The number of carbonyl (C=O) groups is 2. The zero-order chi connectivity index (χ0) is 20.2. The van der Waals surface area contributed by atoms with Crippen LogP contribution in [0.25, 0.3) is 0 Å². The number of hydrogen-bond donors (Lipinski definition) is 1. The maximum Gasteiger partial charge on any atom is 0.255 e. The van der Waals surface area contributed by atoms with E-state index < -0.39 is 0 Å². The summed E-state index contributed by atoms with van der Waals surface area (Å²) in [6.45, 7) is 2.94. The van der Waals surface area contributed by atoms with Gasteiger partial charge in [-0.05, 0) is 42.5 Å². The maximum absolute atomic E-state index is 12.7. The molecule has 5 nitrogen and oxygen atoms in total. The van der Waals surface area contributed by atoms with Crippen LogP contribution in [0, 0.1) is 0 Å². The predicted molar refractivity (Wildman–Crippen MR) is 114 cm³/mol. The minimum absolute atomic E-state index is 0.0430. The lowest BCUT2D eigenvalue weighted by molar-refractivity contribution is -0.123. The molecule has 1 aliphatic carbocycles. The normalized spacial score (nSPS) is 19.5. The van der Waals surface area contributed by atoms with Crippen LogP contribution in [-0.2, 0) is 11.2 Å². The molecule has 0 saturated carbocycles. The number of carbonyl (C=O) groups excluding carboxylic acids is 2. The molecule has 1 heterocycles. The van der Waals surface area contributed by atoms with Crippen LogP contribution >= 0.6 is 11.6 Å². The van der Waals surface area contributed by atoms with Crippen LogP contribution in [0.2, 0.25) is 5.02 Å². The van der Waals surface area contributed by atoms with Crippen LogP contribution in [-0.4, -0.2) is 54.3 Å². The second-order valence-electron chi connectivity index (χ2n) is 7.76. The Balaban J connectivity index is 1.28. The molecule has 0 spiro atoms. The molecule has 2 aromatic carbocycles. The summed E-state index contributed by atoms with van der Waals surface area (Å²) in [7, 11) is 0. The van der Waals surface area contributed by atoms with Crippen molar-refractivity contribution in [3.8, 4) is 0 Å². The van der Waals surface area contributed by atoms with Gasteiger partial charge in [-0.15, -0.1) is 0 Å². The molecule has 29 heavy (non-hydrogen) atoms. The Morgan fingerprint density at radius 3 is 2.52 bits per heavy atom. The molecule has 152 valence electrons. The van der Waals surface area contributed by atoms with Crippen molar-refractivity contribution >= 4 is 23.4 Å². The molecule has 1 N–H and O–H groups in total. The molecule has 0 radical (unpaired) electrons. The monoisotopic (exact) mass is 411 g/mol. The number of hydrogen-bond acceptors (Lipinski definition) is 3. The minimum atomic E-state index is -0.0430. The molecule has 2 amide bonds. The number of amides is 2. The lowest BCUT2D eigenvalue weighted by atomic mass is 9.88. The number of halogens is 1. The van der Waals surface area contributed by atoms with E-state index in [1.54, 1.807) is 12.1 Å². The van der Waals surface area contributed by atoms with Gasteiger partial charge in [0.1, 0.15) is 0 Å². The fourth-order valence-electron chi connectivity index (χ4n) is 4.26. The summed E-state index contributed by atoms with van der Waals surface area (Å²) in [5, 5.41) is 3.69. The Morgan fingerprint density at radius 2 is 1.72 bits per heavy atom. The van der Waals surface area contributed by atoms with Crippen molar-refractivity contribution in [1.82, 2.24) is 15.1 Å². The largest absolute Gasteiger partial charge is 0.348 e. The molecule has 2 aliphatic rings. The van der Waals surface area contributed by atoms with Crippen molar-refractivity contribution in [2.45, 2.75) is 25.3 Å². The number of piperazine rings is 1. The second kappa shape index (κ2) is 8.97. The molecule has 1 unspecified atom stereocenters. The van der Waals surface area contributed by atoms with Gasteiger partial charge < -0.3 is 10.2 Å². The number of aryl methyl sites for hydroxylation is 1. The van der Waals surface area contributed by atoms with Crippen molar-refractivity contribution in [1.29, 1.82) is 0 Å². The molecular formula is C23H26ClN3O2. The molecule has 2 aromatic rings. The predicted octanol–water partition coefficient (Wildman–Crippen LogP) is 3.29. The first-order valence-corrected chi connectivity index (χ1v) is 10.6. The van der Waals surface area contributed by atoms with E-state index >= 15 is 0 Å². The van der Waals surface area contributed by atoms with Gasteiger partial charge >= 0.3 is 0 Å². The summed E-state index contributed by atoms with van der Waals surface area (Å²) in [5.74, 6) is 0.0103. The highest BCUT2D eigenvalue weighted by molar-refractivity contribution is 6.33. The van der Waals surface area contributed by atoms with Gasteiger partial charge in [-0.2, -0.15) is 0 Å². The van der Waals surface area contributed by atoms with Gasteiger partial charge in [0.25, 0.3) is 5.91 Å². The Morgan fingerprint density at radius 1 is 1.00 bits per heavy atom. The number of nitrogens with zero attached hydrogens (tertiary/aromatic N) is 2. The van der Waals surface area contributed by atoms with Crippen LogP contribution in [0.5, 0.6) is 0 Å². The third kappa shape index (κ3) is 4.62. The number of nitrogens with one attached hydrogen (secondary N) is 1. The average Bonchev–Trinajstić information content (AvgIpc) is 2.74. The van der Waals surface area contributed by atoms with E-state index in [9.17, 15) is 9.59 Å². The van der Waals surface area contributed by atoms with Crippen LogP contribution in [0.15, 0.2) is 48.5 Å². The highest BCUT2D eigenvalue weighted by Crippen LogP contribution is 2.29. The maximum atomic E-state index is 12.7. The van der Waals surface area contributed by atoms with Gasteiger partial charge in [0.05, 0.1) is 23.2 Å². The number of fused-ring (bicyclic) bond motifs is 1. The van der Waals surface area contributed by atoms with Crippen LogP contribution in [0.4, 0.5) is 0 Å². The molecule has 6 heteroatoms. The van der Waals surface area contributed by atoms with E-state index in [1.807, 2.05) is 23.1 Å². The minimum Gasteiger partial charge on any atom is -0.348 e. The molecular weight excluding hydrogens is 386 g/mol. The third-order valence-electron chi connectivity index (χ3n) is 5.84. The van der Waals surface area contributed by atoms with Gasteiger partial charge in [-0.3, -0.25) is 14.5 Å². The first-order chi connectivity index (χ1) is 14.1. The van der Waals surface area contributed by atoms with Crippen molar-refractivity contribution in [2.24, 2.45) is 0 Å². The van der Waals surface area contributed by atoms with E-state index in [1.165, 1.54) is 11.1 Å². The molecule has 1 atom stereocenters. The Bertz CT molecular complexity index is 893. The van der Waals surface area contributed by atoms with Crippen LogP contribution in [0.3, 0.4) is 0 Å². The van der Waals surface area contributed by atoms with Crippen LogP contribution < -0.4 is 5.32 Å². The second-order valence-corrected chi connectivity index (χ2v) is 8.17. The smallest absolute Gasteiger partial charge is 0.255 e. The Kier molecular flexibility index (Phi) is 6.16. The lowest BCUT2D eigenvalue weighted by Crippen LogP contribution is -2.51. The van der Waals surface area contributed by atoms with E-state index in [0.717, 1.165) is 19.3 Å². The summed E-state index contributed by atoms with van der Waals surface area (Å²) in [4.78, 5) is 29.2. The standard InChI is InChI=1S/C23H26ClN3O2/c24-20-10-4-3-9-19(20)23(29)27-14-12-26(13-15-27)16-22(28)25-21-11-5-7-17-6-1-2-8-18(17)21/h1-4,6,8-10,21H,5,7,11-16H2,(H,25,28). The summed E-state index contributed by atoms with van der Waals surface area (Å²) < 4.78 is 0. The summed E-state index contributed by atoms with van der Waals surface area (Å²) in [6, 6.07) is 15.6. The van der Waals surface area contributed by atoms with E-state index in [0.29, 0.717) is 43.3 Å². The zero-order valence-electron chi connectivity index (χ0n) is 16.4. The zero-order valence-corrected chi connectivity index (χ0v) is 17.2. The molecule has 1 fully saturated rings. The molecule has 1 aliphatic heterocycles. The Labute approximate surface area is 176 Å². The Hall–Kier alpha value is -2.37. The van der Waals surface area contributed by atoms with E-state index in [4.69, 9.17) is 11.6 Å². The third-order valence-corrected chi connectivity index (χ3v) is 6.17. The van der Waals surface area contributed by atoms with Gasteiger partial charge in [-0.25, -0.2) is 0 Å².